The van der Waals surface area contributed by atoms with Crippen molar-refractivity contribution in [2.75, 3.05) is 11.9 Å². The Morgan fingerprint density at radius 2 is 1.84 bits per heavy atom. The van der Waals surface area contributed by atoms with Gasteiger partial charge in [-0.25, -0.2) is 4.98 Å². The number of pyridine rings is 1. The van der Waals surface area contributed by atoms with Crippen LogP contribution in [-0.2, 0) is 10.2 Å². The third-order valence-corrected chi connectivity index (χ3v) is 8.58. The van der Waals surface area contributed by atoms with Gasteiger partial charge in [-0.05, 0) is 81.8 Å². The first-order valence-corrected chi connectivity index (χ1v) is 12.6. The number of benzene rings is 1. The van der Waals surface area contributed by atoms with E-state index in [9.17, 15) is 4.79 Å². The second-order valence-electron chi connectivity index (χ2n) is 10.3. The van der Waals surface area contributed by atoms with E-state index in [1.807, 2.05) is 38.1 Å². The quantitative estimate of drug-likeness (QED) is 0.537. The molecule has 0 aliphatic heterocycles. The molecule has 0 saturated heterocycles. The number of hydrogen-bond acceptors (Lipinski definition) is 5. The Labute approximate surface area is 192 Å². The summed E-state index contributed by atoms with van der Waals surface area (Å²) in [5, 5.41) is 6.78. The van der Waals surface area contributed by atoms with Crippen LogP contribution in [-0.4, -0.2) is 22.5 Å². The highest BCUT2D eigenvalue weighted by molar-refractivity contribution is 7.14. The Morgan fingerprint density at radius 3 is 2.56 bits per heavy atom. The zero-order chi connectivity index (χ0) is 21.9. The fourth-order valence-electron chi connectivity index (χ4n) is 6.90. The summed E-state index contributed by atoms with van der Waals surface area (Å²) in [6, 6.07) is 7.91. The maximum atomic E-state index is 12.6. The van der Waals surface area contributed by atoms with Crippen molar-refractivity contribution in [2.24, 2.45) is 17.8 Å². The van der Waals surface area contributed by atoms with Gasteiger partial charge in [-0.2, -0.15) is 0 Å². The normalized spacial score (nSPS) is 28.2. The van der Waals surface area contributed by atoms with Crippen molar-refractivity contribution >= 4 is 33.3 Å². The summed E-state index contributed by atoms with van der Waals surface area (Å²) in [7, 11) is 0. The minimum absolute atomic E-state index is 0.0429. The van der Waals surface area contributed by atoms with Crippen molar-refractivity contribution in [1.82, 2.24) is 9.97 Å². The van der Waals surface area contributed by atoms with E-state index < -0.39 is 0 Å². The van der Waals surface area contributed by atoms with Gasteiger partial charge in [0.15, 0.2) is 11.7 Å². The molecule has 0 atom stereocenters. The first kappa shape index (κ1) is 20.2. The Hall–Kier alpha value is -2.47. The van der Waals surface area contributed by atoms with E-state index in [1.165, 1.54) is 44.2 Å². The Bertz CT molecular complexity index is 1170. The Kier molecular flexibility index (Phi) is 4.75. The molecule has 1 aromatic carbocycles. The van der Waals surface area contributed by atoms with E-state index in [0.29, 0.717) is 10.9 Å². The van der Waals surface area contributed by atoms with E-state index in [-0.39, 0.29) is 17.9 Å². The molecule has 0 unspecified atom stereocenters. The number of carbonyl (C=O) groups is 1. The van der Waals surface area contributed by atoms with Crippen molar-refractivity contribution in [2.45, 2.75) is 57.8 Å². The molecule has 166 valence electrons. The molecule has 5 nitrogen and oxygen atoms in total. The van der Waals surface area contributed by atoms with Crippen molar-refractivity contribution < 1.29 is 9.53 Å². The van der Waals surface area contributed by atoms with Gasteiger partial charge < -0.3 is 4.74 Å². The Balaban J connectivity index is 1.14. The second-order valence-corrected chi connectivity index (χ2v) is 11.2. The first-order valence-electron chi connectivity index (χ1n) is 11.7. The molecule has 6 heteroatoms. The molecule has 7 rings (SSSR count). The molecule has 4 aliphatic rings. The summed E-state index contributed by atoms with van der Waals surface area (Å²) in [4.78, 5) is 22.2. The number of hydrogen-bond donors (Lipinski definition) is 1. The number of aryl methyl sites for hydroxylation is 2. The summed E-state index contributed by atoms with van der Waals surface area (Å²) in [6.45, 7) is 3.94. The smallest absolute Gasteiger partial charge is 0.264 e. The van der Waals surface area contributed by atoms with Gasteiger partial charge in [0.25, 0.3) is 5.91 Å². The number of anilines is 1. The van der Waals surface area contributed by atoms with Crippen molar-refractivity contribution in [1.29, 1.82) is 0 Å². The molecular weight excluding hydrogens is 418 g/mol. The molecule has 4 saturated carbocycles. The molecule has 1 N–H and O–H groups in total. The summed E-state index contributed by atoms with van der Waals surface area (Å²) < 4.78 is 5.92. The van der Waals surface area contributed by atoms with E-state index in [1.54, 1.807) is 11.3 Å². The monoisotopic (exact) mass is 447 g/mol. The number of thiazole rings is 1. The van der Waals surface area contributed by atoms with Crippen LogP contribution in [0.1, 0.15) is 55.5 Å². The third-order valence-electron chi connectivity index (χ3n) is 7.82. The number of fused-ring (bicyclic) bond motifs is 1. The van der Waals surface area contributed by atoms with Gasteiger partial charge >= 0.3 is 0 Å². The van der Waals surface area contributed by atoms with Crippen molar-refractivity contribution in [3.05, 3.63) is 46.6 Å². The number of nitrogens with zero attached hydrogens (tertiary/aromatic N) is 2. The zero-order valence-electron chi connectivity index (χ0n) is 18.7. The molecule has 0 radical (unpaired) electrons. The van der Waals surface area contributed by atoms with Gasteiger partial charge in [-0.3, -0.25) is 15.1 Å². The number of carbonyl (C=O) groups excluding carboxylic acids is 1. The summed E-state index contributed by atoms with van der Waals surface area (Å²) >= 11 is 1.55. The molecule has 0 spiro atoms. The van der Waals surface area contributed by atoms with Gasteiger partial charge in [0.2, 0.25) is 0 Å². The lowest BCUT2D eigenvalue weighted by Crippen LogP contribution is -2.48. The van der Waals surface area contributed by atoms with Gasteiger partial charge in [0.1, 0.15) is 5.75 Å². The highest BCUT2D eigenvalue weighted by atomic mass is 32.1. The molecule has 2 heterocycles. The fraction of sp³-hybridized carbons (Fsp3) is 0.500. The Morgan fingerprint density at radius 1 is 1.12 bits per heavy atom. The average Bonchev–Trinajstić information content (AvgIpc) is 3.21. The summed E-state index contributed by atoms with van der Waals surface area (Å²) in [5.41, 5.74) is 4.37. The summed E-state index contributed by atoms with van der Waals surface area (Å²) in [6.07, 6.45) is 8.13. The predicted octanol–water partition coefficient (Wildman–Crippen LogP) is 5.79. The van der Waals surface area contributed by atoms with E-state index in [2.05, 4.69) is 15.7 Å². The predicted molar refractivity (Wildman–Crippen MR) is 127 cm³/mol. The van der Waals surface area contributed by atoms with E-state index in [4.69, 9.17) is 9.72 Å². The van der Waals surface area contributed by atoms with Crippen LogP contribution in [0.5, 0.6) is 5.75 Å². The number of para-hydroxylation sites is 1. The van der Waals surface area contributed by atoms with Gasteiger partial charge in [0, 0.05) is 27.9 Å². The second kappa shape index (κ2) is 7.55. The molecule has 32 heavy (non-hydrogen) atoms. The highest BCUT2D eigenvalue weighted by Gasteiger charge is 2.52. The molecular formula is C26H29N3O2S. The minimum Gasteiger partial charge on any atom is -0.483 e. The molecule has 3 aromatic rings. The van der Waals surface area contributed by atoms with E-state index in [0.717, 1.165) is 39.9 Å². The third kappa shape index (κ3) is 3.49. The largest absolute Gasteiger partial charge is 0.483 e. The van der Waals surface area contributed by atoms with Gasteiger partial charge in [-0.15, -0.1) is 11.3 Å². The lowest BCUT2D eigenvalue weighted by Gasteiger charge is -2.56. The lowest BCUT2D eigenvalue weighted by atomic mass is 9.49. The highest BCUT2D eigenvalue weighted by Crippen LogP contribution is 2.60. The van der Waals surface area contributed by atoms with Gasteiger partial charge in [-0.1, -0.05) is 12.1 Å². The topological polar surface area (TPSA) is 64.1 Å². The number of nitrogens with one attached hydrogen (secondary N) is 1. The van der Waals surface area contributed by atoms with Crippen LogP contribution < -0.4 is 10.1 Å². The molecule has 1 amide bonds. The maximum Gasteiger partial charge on any atom is 0.264 e. The lowest BCUT2D eigenvalue weighted by molar-refractivity contribution is -0.118. The SMILES string of the molecule is Cc1cc(OCC(=O)Nc2nc(C34CC5CC(CC(C5)C3)C4)cs2)c2cccc(C)c2n1. The van der Waals surface area contributed by atoms with Crippen LogP contribution >= 0.6 is 11.3 Å². The van der Waals surface area contributed by atoms with Crippen LogP contribution in [0.3, 0.4) is 0 Å². The minimum atomic E-state index is -0.174. The summed E-state index contributed by atoms with van der Waals surface area (Å²) in [5.74, 6) is 3.18. The zero-order valence-corrected chi connectivity index (χ0v) is 19.5. The van der Waals surface area contributed by atoms with Gasteiger partial charge in [0.05, 0.1) is 11.2 Å². The van der Waals surface area contributed by atoms with Crippen molar-refractivity contribution in [3.8, 4) is 5.75 Å². The van der Waals surface area contributed by atoms with Crippen LogP contribution in [0.15, 0.2) is 29.6 Å². The van der Waals surface area contributed by atoms with Crippen LogP contribution in [0, 0.1) is 31.6 Å². The first-order chi connectivity index (χ1) is 15.5. The van der Waals surface area contributed by atoms with Crippen LogP contribution in [0.25, 0.3) is 10.9 Å². The number of amides is 1. The van der Waals surface area contributed by atoms with Crippen LogP contribution in [0.4, 0.5) is 5.13 Å². The molecule has 4 bridgehead atoms. The molecule has 4 fully saturated rings. The van der Waals surface area contributed by atoms with Crippen LogP contribution in [0.2, 0.25) is 0 Å². The maximum absolute atomic E-state index is 12.6. The average molecular weight is 448 g/mol. The molecule has 2 aromatic heterocycles. The van der Waals surface area contributed by atoms with Crippen molar-refractivity contribution in [3.63, 3.8) is 0 Å². The molecule has 4 aliphatic carbocycles. The number of aromatic nitrogens is 2. The fourth-order valence-corrected chi connectivity index (χ4v) is 7.75. The standard InChI is InChI=1S/C26H29N3O2S/c1-15-4-3-5-20-21(6-16(2)27-24(15)20)31-13-23(30)29-25-28-22(14-32-25)26-10-17-7-18(11-26)9-19(8-17)12-26/h3-6,14,17-19H,7-13H2,1-2H3,(H,28,29,30). The van der Waals surface area contributed by atoms with E-state index >= 15 is 0 Å². The number of rotatable bonds is 5. The number of ether oxygens (including phenoxy) is 1.